The lowest BCUT2D eigenvalue weighted by Gasteiger charge is -2.17. The van der Waals surface area contributed by atoms with Gasteiger partial charge in [0.25, 0.3) is 0 Å². The summed E-state index contributed by atoms with van der Waals surface area (Å²) >= 11 is 11.5. The van der Waals surface area contributed by atoms with Gasteiger partial charge in [0.15, 0.2) is 0 Å². The second-order valence-electron chi connectivity index (χ2n) is 4.36. The van der Waals surface area contributed by atoms with Crippen molar-refractivity contribution in [1.82, 2.24) is 0 Å². The average molecular weight is 235 g/mol. The van der Waals surface area contributed by atoms with Gasteiger partial charge in [-0.15, -0.1) is 23.2 Å². The van der Waals surface area contributed by atoms with E-state index in [9.17, 15) is 0 Å². The quantitative estimate of drug-likeness (QED) is 0.399. The second-order valence-corrected chi connectivity index (χ2v) is 8.78. The number of hydrogen-bond acceptors (Lipinski definition) is 0. The van der Waals surface area contributed by atoms with Crippen molar-refractivity contribution in [3.05, 3.63) is 12.2 Å². The molecule has 2 rings (SSSR count). The summed E-state index contributed by atoms with van der Waals surface area (Å²) in [4.78, 5) is 0. The highest BCUT2D eigenvalue weighted by Crippen LogP contribution is 2.45. The standard InChI is InChI=1S/C10H16Cl2Si/c11-10(12)13-4-3-9-6-7-1-2-8(9)5-7/h1-2,7-10H,3-6,13H2. The summed E-state index contributed by atoms with van der Waals surface area (Å²) in [6.45, 7) is 0. The highest BCUT2D eigenvalue weighted by molar-refractivity contribution is 6.68. The van der Waals surface area contributed by atoms with Gasteiger partial charge >= 0.3 is 0 Å². The Labute approximate surface area is 92.5 Å². The monoisotopic (exact) mass is 234 g/mol. The van der Waals surface area contributed by atoms with Crippen LogP contribution in [-0.2, 0) is 0 Å². The highest BCUT2D eigenvalue weighted by atomic mass is 35.5. The van der Waals surface area contributed by atoms with Gasteiger partial charge in [-0.1, -0.05) is 24.6 Å². The van der Waals surface area contributed by atoms with Crippen LogP contribution in [0.15, 0.2) is 12.2 Å². The van der Waals surface area contributed by atoms with Gasteiger partial charge < -0.3 is 0 Å². The van der Waals surface area contributed by atoms with Crippen LogP contribution in [-0.4, -0.2) is 14.0 Å². The topological polar surface area (TPSA) is 0 Å². The Kier molecular flexibility index (Phi) is 3.39. The number of halogens is 2. The van der Waals surface area contributed by atoms with Crippen LogP contribution >= 0.6 is 23.2 Å². The Balaban J connectivity index is 1.69. The van der Waals surface area contributed by atoms with Crippen molar-refractivity contribution in [1.29, 1.82) is 0 Å². The zero-order chi connectivity index (χ0) is 9.26. The van der Waals surface area contributed by atoms with E-state index in [1.807, 2.05) is 0 Å². The van der Waals surface area contributed by atoms with Crippen molar-refractivity contribution < 1.29 is 0 Å². The van der Waals surface area contributed by atoms with Crippen molar-refractivity contribution in [2.24, 2.45) is 17.8 Å². The van der Waals surface area contributed by atoms with Gasteiger partial charge in [-0.25, -0.2) is 0 Å². The van der Waals surface area contributed by atoms with Crippen molar-refractivity contribution in [3.8, 4) is 0 Å². The summed E-state index contributed by atoms with van der Waals surface area (Å²) in [6, 6.07) is 1.33. The van der Waals surface area contributed by atoms with Crippen LogP contribution in [0, 0.1) is 17.8 Å². The van der Waals surface area contributed by atoms with Crippen LogP contribution in [0.2, 0.25) is 6.04 Å². The second kappa shape index (κ2) is 4.37. The molecule has 3 heteroatoms. The third kappa shape index (κ3) is 2.51. The van der Waals surface area contributed by atoms with Crippen LogP contribution in [0.3, 0.4) is 0 Å². The Morgan fingerprint density at radius 1 is 1.31 bits per heavy atom. The van der Waals surface area contributed by atoms with Gasteiger partial charge in [0.05, 0.1) is 14.0 Å². The van der Waals surface area contributed by atoms with Gasteiger partial charge in [-0.05, 0) is 30.6 Å². The summed E-state index contributed by atoms with van der Waals surface area (Å²) in [5.74, 6) is 2.79. The molecule has 0 saturated heterocycles. The van der Waals surface area contributed by atoms with E-state index in [0.29, 0.717) is 0 Å². The van der Waals surface area contributed by atoms with Crippen LogP contribution in [0.25, 0.3) is 0 Å². The first-order chi connectivity index (χ1) is 6.25. The molecule has 0 N–H and O–H groups in total. The molecule has 0 aromatic rings. The molecule has 1 saturated carbocycles. The Morgan fingerprint density at radius 2 is 2.15 bits per heavy atom. The van der Waals surface area contributed by atoms with Gasteiger partial charge in [0.2, 0.25) is 0 Å². The first kappa shape index (κ1) is 10.1. The number of fused-ring (bicyclic) bond motifs is 2. The molecule has 13 heavy (non-hydrogen) atoms. The zero-order valence-electron chi connectivity index (χ0n) is 7.76. The fraction of sp³-hybridized carbons (Fsp3) is 0.800. The van der Waals surface area contributed by atoms with Crippen LogP contribution < -0.4 is 0 Å². The molecule has 0 amide bonds. The highest BCUT2D eigenvalue weighted by Gasteiger charge is 2.34. The van der Waals surface area contributed by atoms with Crippen molar-refractivity contribution in [2.75, 3.05) is 0 Å². The van der Waals surface area contributed by atoms with E-state index in [1.54, 1.807) is 0 Å². The van der Waals surface area contributed by atoms with Crippen molar-refractivity contribution in [3.63, 3.8) is 0 Å². The molecule has 3 atom stereocenters. The molecular weight excluding hydrogens is 219 g/mol. The van der Waals surface area contributed by atoms with E-state index >= 15 is 0 Å². The Hall–Kier alpha value is 0.537. The third-order valence-electron chi connectivity index (χ3n) is 3.41. The fourth-order valence-electron chi connectivity index (χ4n) is 2.76. The minimum Gasteiger partial charge on any atom is -0.110 e. The molecule has 0 radical (unpaired) electrons. The maximum atomic E-state index is 5.76. The average Bonchev–Trinajstić information content (AvgIpc) is 2.64. The maximum Gasteiger partial charge on any atom is 0.0908 e. The molecule has 2 aliphatic carbocycles. The van der Waals surface area contributed by atoms with E-state index in [2.05, 4.69) is 12.2 Å². The first-order valence-electron chi connectivity index (χ1n) is 5.22. The lowest BCUT2D eigenvalue weighted by molar-refractivity contribution is 0.434. The van der Waals surface area contributed by atoms with Crippen molar-refractivity contribution in [2.45, 2.75) is 29.8 Å². The molecule has 74 valence electrons. The number of alkyl halides is 2. The molecular formula is C10H16Cl2Si. The SMILES string of the molecule is ClC(Cl)[SiH2]CCC1CC2C=CC1C2. The predicted octanol–water partition coefficient (Wildman–Crippen LogP) is 2.94. The molecule has 0 spiro atoms. The van der Waals surface area contributed by atoms with E-state index < -0.39 is 0 Å². The minimum atomic E-state index is -0.196. The molecule has 0 aromatic heterocycles. The summed E-state index contributed by atoms with van der Waals surface area (Å²) in [6.07, 6.45) is 9.08. The van der Waals surface area contributed by atoms with Crippen molar-refractivity contribution >= 4 is 32.7 Å². The van der Waals surface area contributed by atoms with Gasteiger partial charge in [0, 0.05) is 0 Å². The lowest BCUT2D eigenvalue weighted by Crippen LogP contribution is -2.10. The zero-order valence-corrected chi connectivity index (χ0v) is 10.7. The number of rotatable bonds is 4. The van der Waals surface area contributed by atoms with Gasteiger partial charge in [-0.2, -0.15) is 0 Å². The molecule has 0 nitrogen and oxygen atoms in total. The summed E-state index contributed by atoms with van der Waals surface area (Å²) in [7, 11) is -0.196. The van der Waals surface area contributed by atoms with E-state index in [4.69, 9.17) is 23.2 Å². The molecule has 3 unspecified atom stereocenters. The first-order valence-corrected chi connectivity index (χ1v) is 7.91. The largest absolute Gasteiger partial charge is 0.110 e. The van der Waals surface area contributed by atoms with E-state index in [1.165, 1.54) is 25.3 Å². The minimum absolute atomic E-state index is 0.0193. The summed E-state index contributed by atoms with van der Waals surface area (Å²) < 4.78 is -0.0193. The van der Waals surface area contributed by atoms with Crippen LogP contribution in [0.1, 0.15) is 19.3 Å². The fourth-order valence-corrected chi connectivity index (χ4v) is 4.76. The molecule has 2 aliphatic rings. The third-order valence-corrected chi connectivity index (χ3v) is 5.98. The van der Waals surface area contributed by atoms with E-state index in [0.717, 1.165) is 17.8 Å². The molecule has 2 bridgehead atoms. The predicted molar refractivity (Wildman–Crippen MR) is 62.3 cm³/mol. The van der Waals surface area contributed by atoms with E-state index in [-0.39, 0.29) is 14.0 Å². The van der Waals surface area contributed by atoms with Gasteiger partial charge in [-0.3, -0.25) is 0 Å². The summed E-state index contributed by atoms with van der Waals surface area (Å²) in [5.41, 5.74) is 0. The lowest BCUT2D eigenvalue weighted by atomic mass is 9.91. The van der Waals surface area contributed by atoms with Gasteiger partial charge in [0.1, 0.15) is 0 Å². The number of hydrogen-bond donors (Lipinski definition) is 0. The molecule has 0 aliphatic heterocycles. The molecule has 0 aromatic carbocycles. The van der Waals surface area contributed by atoms with Crippen LogP contribution in [0.5, 0.6) is 0 Å². The number of allylic oxidation sites excluding steroid dienone is 2. The Morgan fingerprint density at radius 3 is 2.69 bits per heavy atom. The molecule has 0 heterocycles. The normalized spacial score (nSPS) is 37.3. The molecule has 1 fully saturated rings. The smallest absolute Gasteiger partial charge is 0.0908 e. The Bertz CT molecular complexity index is 203. The summed E-state index contributed by atoms with van der Waals surface area (Å²) in [5, 5.41) is 0. The maximum absolute atomic E-state index is 5.76. The van der Waals surface area contributed by atoms with Crippen LogP contribution in [0.4, 0.5) is 0 Å².